The van der Waals surface area contributed by atoms with Gasteiger partial charge in [0.1, 0.15) is 16.1 Å². The number of hydrogen-bond acceptors (Lipinski definition) is 8. The zero-order valence-electron chi connectivity index (χ0n) is 16.2. The monoisotopic (exact) mass is 426 g/mol. The second-order valence-electron chi connectivity index (χ2n) is 6.74. The summed E-state index contributed by atoms with van der Waals surface area (Å²) in [4.78, 5) is 29.1. The summed E-state index contributed by atoms with van der Waals surface area (Å²) in [5, 5.41) is 26.3. The number of thiazole rings is 1. The minimum absolute atomic E-state index is 0.0287. The van der Waals surface area contributed by atoms with E-state index in [-0.39, 0.29) is 23.4 Å². The molecule has 154 valence electrons. The summed E-state index contributed by atoms with van der Waals surface area (Å²) in [6.07, 6.45) is 6.03. The van der Waals surface area contributed by atoms with Crippen LogP contribution < -0.4 is 11.3 Å². The lowest BCUT2D eigenvalue weighted by atomic mass is 10.2. The maximum absolute atomic E-state index is 13.1. The number of carbonyl (C=O) groups is 1. The first-order valence-electron chi connectivity index (χ1n) is 8.85. The van der Waals surface area contributed by atoms with Crippen molar-refractivity contribution in [1.29, 1.82) is 5.41 Å². The van der Waals surface area contributed by atoms with Crippen molar-refractivity contribution in [3.05, 3.63) is 50.8 Å². The van der Waals surface area contributed by atoms with Gasteiger partial charge in [-0.2, -0.15) is 10.2 Å². The number of nitrogens with zero attached hydrogens (tertiary/aromatic N) is 6. The highest BCUT2D eigenvalue weighted by molar-refractivity contribution is 7.19. The van der Waals surface area contributed by atoms with Crippen molar-refractivity contribution in [3.63, 3.8) is 0 Å². The number of carboxylic acids is 1. The van der Waals surface area contributed by atoms with E-state index in [9.17, 15) is 14.7 Å². The molecule has 4 aromatic heterocycles. The number of aryl methyl sites for hydroxylation is 2. The summed E-state index contributed by atoms with van der Waals surface area (Å²) in [7, 11) is 3.37. The first-order valence-corrected chi connectivity index (χ1v) is 9.66. The van der Waals surface area contributed by atoms with Crippen LogP contribution in [0.25, 0.3) is 21.3 Å². The third-order valence-electron chi connectivity index (χ3n) is 4.66. The lowest BCUT2D eigenvalue weighted by Gasteiger charge is -2.04. The minimum Gasteiger partial charge on any atom is -0.478 e. The van der Waals surface area contributed by atoms with E-state index >= 15 is 0 Å². The van der Waals surface area contributed by atoms with E-state index in [1.165, 1.54) is 33.0 Å². The molecule has 0 atom stereocenters. The van der Waals surface area contributed by atoms with Crippen molar-refractivity contribution in [1.82, 2.24) is 29.1 Å². The van der Waals surface area contributed by atoms with E-state index in [0.29, 0.717) is 28.7 Å². The number of nitrogens with two attached hydrogens (primary N) is 1. The third-order valence-corrected chi connectivity index (χ3v) is 5.74. The highest BCUT2D eigenvalue weighted by Crippen LogP contribution is 2.31. The number of nitrogens with one attached hydrogen (secondary N) is 1. The number of rotatable bonds is 6. The molecule has 0 unspecified atom stereocenters. The van der Waals surface area contributed by atoms with Crippen LogP contribution >= 0.6 is 11.3 Å². The van der Waals surface area contributed by atoms with Crippen molar-refractivity contribution in [2.24, 2.45) is 19.8 Å². The Morgan fingerprint density at radius 1 is 1.40 bits per heavy atom. The Morgan fingerprint density at radius 2 is 2.17 bits per heavy atom. The second-order valence-corrected chi connectivity index (χ2v) is 7.83. The largest absolute Gasteiger partial charge is 0.478 e. The van der Waals surface area contributed by atoms with Crippen LogP contribution in [0, 0.1) is 5.41 Å². The Balaban J connectivity index is 1.79. The summed E-state index contributed by atoms with van der Waals surface area (Å²) >= 11 is 1.42. The standard InChI is InChI=1S/C18H18N8O3S/c1-24-7-11(18(28)29)12(23-24)8-26-17(27)14-10(6-21-26)15-16(25(14)2)22-13(30-15)5-9(20)3-4-19/h3-4,6-7,19H,5,8,20H2,1-2H3,(H,28,29). The lowest BCUT2D eigenvalue weighted by Crippen LogP contribution is -2.25. The molecule has 12 heteroatoms. The first-order chi connectivity index (χ1) is 14.3. The molecule has 0 bridgehead atoms. The molecule has 0 spiro atoms. The van der Waals surface area contributed by atoms with Gasteiger partial charge in [-0.3, -0.25) is 9.48 Å². The van der Waals surface area contributed by atoms with Gasteiger partial charge in [-0.25, -0.2) is 14.5 Å². The molecule has 0 aliphatic heterocycles. The quantitative estimate of drug-likeness (QED) is 0.386. The molecule has 0 amide bonds. The second kappa shape index (κ2) is 7.22. The highest BCUT2D eigenvalue weighted by atomic mass is 32.1. The summed E-state index contributed by atoms with van der Waals surface area (Å²) in [5.41, 5.74) is 7.40. The molecule has 0 saturated carbocycles. The molecular formula is C18H18N8O3S. The van der Waals surface area contributed by atoms with E-state index < -0.39 is 5.97 Å². The van der Waals surface area contributed by atoms with Crippen LogP contribution in [0.4, 0.5) is 0 Å². The maximum Gasteiger partial charge on any atom is 0.339 e. The third kappa shape index (κ3) is 3.16. The van der Waals surface area contributed by atoms with Gasteiger partial charge in [0.2, 0.25) is 0 Å². The Labute approximate surface area is 173 Å². The molecule has 4 N–H and O–H groups in total. The molecule has 0 radical (unpaired) electrons. The predicted molar refractivity (Wildman–Crippen MR) is 112 cm³/mol. The van der Waals surface area contributed by atoms with Crippen LogP contribution in [0.1, 0.15) is 21.1 Å². The van der Waals surface area contributed by atoms with E-state index in [1.54, 1.807) is 24.9 Å². The average molecular weight is 426 g/mol. The van der Waals surface area contributed by atoms with E-state index in [2.05, 4.69) is 15.2 Å². The number of allylic oxidation sites excluding steroid dienone is 2. The van der Waals surface area contributed by atoms with Crippen molar-refractivity contribution in [3.8, 4) is 0 Å². The van der Waals surface area contributed by atoms with Crippen molar-refractivity contribution < 1.29 is 9.90 Å². The SMILES string of the molecule is Cn1cc(C(=O)O)c(Cn2ncc3c4sc(CC(N)=CC=N)nc4n(C)c3c2=O)n1. The molecule has 4 aromatic rings. The minimum atomic E-state index is -1.11. The molecule has 0 aromatic carbocycles. The zero-order valence-corrected chi connectivity index (χ0v) is 17.0. The van der Waals surface area contributed by atoms with Gasteiger partial charge in [0.05, 0.1) is 23.1 Å². The normalized spacial score (nSPS) is 12.1. The fraction of sp³-hybridized carbons (Fsp3) is 0.222. The molecule has 4 heterocycles. The maximum atomic E-state index is 13.1. The summed E-state index contributed by atoms with van der Waals surface area (Å²) in [5.74, 6) is -1.11. The number of aromatic carboxylic acids is 1. The van der Waals surface area contributed by atoms with Crippen LogP contribution in [0.3, 0.4) is 0 Å². The van der Waals surface area contributed by atoms with Gasteiger partial charge in [-0.05, 0) is 6.08 Å². The number of fused-ring (bicyclic) bond motifs is 3. The van der Waals surface area contributed by atoms with E-state index in [1.807, 2.05) is 0 Å². The number of carboxylic acid groups (broad SMARTS) is 1. The van der Waals surface area contributed by atoms with Gasteiger partial charge in [0.15, 0.2) is 5.65 Å². The first kappa shape index (κ1) is 19.5. The fourth-order valence-electron chi connectivity index (χ4n) is 3.33. The Morgan fingerprint density at radius 3 is 2.87 bits per heavy atom. The number of hydrogen-bond donors (Lipinski definition) is 3. The topological polar surface area (TPSA) is 158 Å². The molecule has 30 heavy (non-hydrogen) atoms. The molecular weight excluding hydrogens is 408 g/mol. The zero-order chi connectivity index (χ0) is 21.6. The van der Waals surface area contributed by atoms with Crippen LogP contribution in [-0.4, -0.2) is 46.4 Å². The van der Waals surface area contributed by atoms with Gasteiger partial charge in [0, 0.05) is 44.0 Å². The molecule has 11 nitrogen and oxygen atoms in total. The van der Waals surface area contributed by atoms with Gasteiger partial charge in [0.25, 0.3) is 5.56 Å². The van der Waals surface area contributed by atoms with Crippen LogP contribution in [0.15, 0.2) is 29.0 Å². The van der Waals surface area contributed by atoms with Crippen LogP contribution in [0.2, 0.25) is 0 Å². The van der Waals surface area contributed by atoms with E-state index in [0.717, 1.165) is 15.9 Å². The highest BCUT2D eigenvalue weighted by Gasteiger charge is 2.20. The van der Waals surface area contributed by atoms with Gasteiger partial charge < -0.3 is 20.8 Å². The molecule has 0 aliphatic rings. The predicted octanol–water partition coefficient (Wildman–Crippen LogP) is 0.859. The van der Waals surface area contributed by atoms with Crippen molar-refractivity contribution in [2.75, 3.05) is 0 Å². The molecule has 4 rings (SSSR count). The fourth-order valence-corrected chi connectivity index (χ4v) is 4.47. The lowest BCUT2D eigenvalue weighted by molar-refractivity contribution is 0.0695. The summed E-state index contributed by atoms with van der Waals surface area (Å²) in [6.45, 7) is -0.0558. The van der Waals surface area contributed by atoms with Gasteiger partial charge in [-0.15, -0.1) is 11.3 Å². The number of aromatic nitrogens is 6. The van der Waals surface area contributed by atoms with Crippen molar-refractivity contribution in [2.45, 2.75) is 13.0 Å². The smallest absolute Gasteiger partial charge is 0.339 e. The average Bonchev–Trinajstić information content (AvgIpc) is 3.32. The molecule has 0 fully saturated rings. The van der Waals surface area contributed by atoms with Crippen LogP contribution in [-0.2, 0) is 27.1 Å². The van der Waals surface area contributed by atoms with Crippen LogP contribution in [0.5, 0.6) is 0 Å². The van der Waals surface area contributed by atoms with E-state index in [4.69, 9.17) is 11.1 Å². The molecule has 0 aliphatic carbocycles. The summed E-state index contributed by atoms with van der Waals surface area (Å²) < 4.78 is 5.13. The van der Waals surface area contributed by atoms with Gasteiger partial charge >= 0.3 is 5.97 Å². The van der Waals surface area contributed by atoms with Gasteiger partial charge in [-0.1, -0.05) is 0 Å². The Bertz CT molecular complexity index is 1400. The van der Waals surface area contributed by atoms with Crippen molar-refractivity contribution >= 4 is 44.8 Å². The summed E-state index contributed by atoms with van der Waals surface area (Å²) in [6, 6.07) is 0. The molecule has 0 saturated heterocycles. The Hall–Kier alpha value is -3.80. The Kier molecular flexibility index (Phi) is 4.70.